The van der Waals surface area contributed by atoms with Crippen LogP contribution in [-0.2, 0) is 17.9 Å². The van der Waals surface area contributed by atoms with Crippen molar-refractivity contribution in [3.05, 3.63) is 40.0 Å². The summed E-state index contributed by atoms with van der Waals surface area (Å²) in [6, 6.07) is 3.41. The van der Waals surface area contributed by atoms with E-state index >= 15 is 0 Å². The summed E-state index contributed by atoms with van der Waals surface area (Å²) in [6.45, 7) is 1.71. The molecule has 0 fully saturated rings. The summed E-state index contributed by atoms with van der Waals surface area (Å²) in [7, 11) is 0. The largest absolute Gasteiger partial charge is 0.392 e. The number of carbonyl (C=O) groups excluding carboxylic acids is 1. The van der Waals surface area contributed by atoms with E-state index in [-0.39, 0.29) is 18.6 Å². The van der Waals surface area contributed by atoms with Gasteiger partial charge < -0.3 is 15.1 Å². The van der Waals surface area contributed by atoms with Gasteiger partial charge in [-0.1, -0.05) is 11.6 Å². The van der Waals surface area contributed by atoms with Crippen LogP contribution < -0.4 is 0 Å². The number of nitrogens with zero attached hydrogens (tertiary/aromatic N) is 2. The number of aromatic nitrogens is 1. The van der Waals surface area contributed by atoms with Gasteiger partial charge in [-0.2, -0.15) is 0 Å². The molecule has 0 saturated carbocycles. The number of hydrogen-bond donors (Lipinski definition) is 2. The van der Waals surface area contributed by atoms with Gasteiger partial charge in [-0.25, -0.2) is 0 Å². The van der Waals surface area contributed by atoms with Crippen molar-refractivity contribution < 1.29 is 15.0 Å². The first kappa shape index (κ1) is 14.3. The number of hydrogen-bond acceptors (Lipinski definition) is 4. The molecule has 0 radical (unpaired) electrons. The lowest BCUT2D eigenvalue weighted by Gasteiger charge is -2.21. The second kappa shape index (κ2) is 5.26. The fourth-order valence-electron chi connectivity index (χ4n) is 2.93. The molecule has 2 heterocycles. The maximum absolute atomic E-state index is 11.8. The molecule has 3 rings (SSSR count). The number of halogens is 1. The predicted octanol–water partition coefficient (Wildman–Crippen LogP) is 1.78. The molecule has 0 aliphatic carbocycles. The number of fused-ring (bicyclic) bond motifs is 3. The van der Waals surface area contributed by atoms with Crippen LogP contribution in [0.25, 0.3) is 10.9 Å². The summed E-state index contributed by atoms with van der Waals surface area (Å²) in [5, 5.41) is 19.8. The van der Waals surface area contributed by atoms with E-state index in [1.807, 2.05) is 13.0 Å². The van der Waals surface area contributed by atoms with Crippen LogP contribution in [0.4, 0.5) is 0 Å². The summed E-state index contributed by atoms with van der Waals surface area (Å²) in [6.07, 6.45) is 1.74. The van der Waals surface area contributed by atoms with E-state index in [4.69, 9.17) is 16.7 Å². The lowest BCUT2D eigenvalue weighted by molar-refractivity contribution is -0.136. The molecular weight excluding hydrogens is 292 g/mol. The molecule has 1 aromatic heterocycles. The molecule has 6 heteroatoms. The molecule has 0 saturated heterocycles. The first-order valence-electron chi connectivity index (χ1n) is 6.68. The van der Waals surface area contributed by atoms with Crippen LogP contribution in [0, 0.1) is 0 Å². The third kappa shape index (κ3) is 2.18. The quantitative estimate of drug-likeness (QED) is 0.887. The summed E-state index contributed by atoms with van der Waals surface area (Å²) < 4.78 is 0. The molecule has 1 aromatic carbocycles. The van der Waals surface area contributed by atoms with Crippen LogP contribution >= 0.6 is 11.6 Å². The Morgan fingerprint density at radius 3 is 2.90 bits per heavy atom. The van der Waals surface area contributed by atoms with Crippen molar-refractivity contribution in [2.75, 3.05) is 6.61 Å². The van der Waals surface area contributed by atoms with Crippen molar-refractivity contribution in [2.45, 2.75) is 26.1 Å². The van der Waals surface area contributed by atoms with Crippen LogP contribution in [0.15, 0.2) is 18.3 Å². The molecule has 2 aromatic rings. The van der Waals surface area contributed by atoms with Crippen LogP contribution in [0.5, 0.6) is 0 Å². The molecule has 2 N–H and O–H groups in total. The van der Waals surface area contributed by atoms with E-state index in [2.05, 4.69) is 4.98 Å². The van der Waals surface area contributed by atoms with Gasteiger partial charge in [0.1, 0.15) is 6.61 Å². The van der Waals surface area contributed by atoms with Gasteiger partial charge >= 0.3 is 0 Å². The Kier molecular flexibility index (Phi) is 3.57. The summed E-state index contributed by atoms with van der Waals surface area (Å²) >= 11 is 6.09. The minimum Gasteiger partial charge on any atom is -0.392 e. The zero-order chi connectivity index (χ0) is 15.1. The molecular formula is C15H15ClN2O3. The van der Waals surface area contributed by atoms with Crippen LogP contribution in [0.2, 0.25) is 5.02 Å². The number of amides is 1. The van der Waals surface area contributed by atoms with Crippen molar-refractivity contribution in [1.82, 2.24) is 9.88 Å². The number of pyridine rings is 1. The van der Waals surface area contributed by atoms with Gasteiger partial charge in [0.05, 0.1) is 18.2 Å². The second-order valence-corrected chi connectivity index (χ2v) is 5.58. The van der Waals surface area contributed by atoms with Crippen LogP contribution in [0.1, 0.15) is 29.7 Å². The molecule has 110 valence electrons. The summed E-state index contributed by atoms with van der Waals surface area (Å²) in [4.78, 5) is 17.8. The zero-order valence-electron chi connectivity index (χ0n) is 11.5. The van der Waals surface area contributed by atoms with E-state index in [1.165, 1.54) is 0 Å². The van der Waals surface area contributed by atoms with Crippen LogP contribution in [0.3, 0.4) is 0 Å². The van der Waals surface area contributed by atoms with E-state index in [0.29, 0.717) is 17.1 Å². The molecule has 1 amide bonds. The summed E-state index contributed by atoms with van der Waals surface area (Å²) in [5.41, 5.74) is 3.34. The normalized spacial score (nSPS) is 17.3. The lowest BCUT2D eigenvalue weighted by atomic mass is 10.00. The Morgan fingerprint density at radius 2 is 2.24 bits per heavy atom. The number of rotatable bonds is 2. The Labute approximate surface area is 126 Å². The highest BCUT2D eigenvalue weighted by molar-refractivity contribution is 6.32. The molecule has 1 atom stereocenters. The third-order valence-electron chi connectivity index (χ3n) is 4.01. The Morgan fingerprint density at radius 1 is 1.48 bits per heavy atom. The van der Waals surface area contributed by atoms with Crippen molar-refractivity contribution in [1.29, 1.82) is 0 Å². The van der Waals surface area contributed by atoms with Gasteiger partial charge in [0.25, 0.3) is 0 Å². The van der Waals surface area contributed by atoms with E-state index < -0.39 is 6.61 Å². The minimum atomic E-state index is -0.503. The monoisotopic (exact) mass is 306 g/mol. The summed E-state index contributed by atoms with van der Waals surface area (Å²) in [5.74, 6) is -0.303. The fraction of sp³-hybridized carbons (Fsp3) is 0.333. The Balaban J connectivity index is 2.19. The molecule has 1 aliphatic rings. The van der Waals surface area contributed by atoms with Gasteiger partial charge in [-0.3, -0.25) is 9.78 Å². The van der Waals surface area contributed by atoms with E-state index in [1.54, 1.807) is 17.2 Å². The highest BCUT2D eigenvalue weighted by atomic mass is 35.5. The van der Waals surface area contributed by atoms with Gasteiger partial charge in [0.15, 0.2) is 0 Å². The molecule has 0 unspecified atom stereocenters. The molecule has 21 heavy (non-hydrogen) atoms. The second-order valence-electron chi connectivity index (χ2n) is 5.17. The van der Waals surface area contributed by atoms with E-state index in [9.17, 15) is 9.90 Å². The Bertz CT molecular complexity index is 732. The first-order valence-corrected chi connectivity index (χ1v) is 7.05. The highest BCUT2D eigenvalue weighted by Crippen LogP contribution is 2.38. The lowest BCUT2D eigenvalue weighted by Crippen LogP contribution is -2.30. The van der Waals surface area contributed by atoms with Crippen molar-refractivity contribution in [2.24, 2.45) is 0 Å². The standard InChI is InChI=1S/C15H15ClN2O3/c1-8-15-10(5-18(8)14(21)7-20)4-17-13-3-12(16)9(6-19)2-11(13)15/h2-4,8,19-20H,5-7H2,1H3/t8-/m0/s1. The van der Waals surface area contributed by atoms with Crippen LogP contribution in [-0.4, -0.2) is 32.6 Å². The number of aliphatic hydroxyl groups is 2. The molecule has 5 nitrogen and oxygen atoms in total. The highest BCUT2D eigenvalue weighted by Gasteiger charge is 2.32. The van der Waals surface area contributed by atoms with Gasteiger partial charge in [-0.05, 0) is 35.7 Å². The zero-order valence-corrected chi connectivity index (χ0v) is 12.3. The number of benzene rings is 1. The van der Waals surface area contributed by atoms with Gasteiger partial charge in [0.2, 0.25) is 5.91 Å². The van der Waals surface area contributed by atoms with Gasteiger partial charge in [-0.15, -0.1) is 0 Å². The average Bonchev–Trinajstić information content (AvgIpc) is 2.83. The van der Waals surface area contributed by atoms with Crippen molar-refractivity contribution >= 4 is 28.4 Å². The van der Waals surface area contributed by atoms with E-state index in [0.717, 1.165) is 22.0 Å². The maximum Gasteiger partial charge on any atom is 0.249 e. The SMILES string of the molecule is C[C@H]1c2c(cnc3cc(Cl)c(CO)cc23)CN1C(=O)CO. The number of aliphatic hydroxyl groups excluding tert-OH is 2. The molecule has 1 aliphatic heterocycles. The third-order valence-corrected chi connectivity index (χ3v) is 4.36. The number of carbonyl (C=O) groups is 1. The topological polar surface area (TPSA) is 73.7 Å². The van der Waals surface area contributed by atoms with Gasteiger partial charge in [0, 0.05) is 23.2 Å². The van der Waals surface area contributed by atoms with Crippen molar-refractivity contribution in [3.8, 4) is 0 Å². The fourth-order valence-corrected chi connectivity index (χ4v) is 3.15. The predicted molar refractivity (Wildman–Crippen MR) is 78.7 cm³/mol. The first-order chi connectivity index (χ1) is 10.1. The molecule has 0 bridgehead atoms. The Hall–Kier alpha value is -1.69. The minimum absolute atomic E-state index is 0.141. The average molecular weight is 307 g/mol. The smallest absolute Gasteiger partial charge is 0.249 e. The maximum atomic E-state index is 11.8. The molecule has 0 spiro atoms. The van der Waals surface area contributed by atoms with Crippen molar-refractivity contribution in [3.63, 3.8) is 0 Å².